The molecule has 1 fully saturated rings. The first-order valence-electron chi connectivity index (χ1n) is 4.08. The van der Waals surface area contributed by atoms with Crippen molar-refractivity contribution in [3.63, 3.8) is 0 Å². The van der Waals surface area contributed by atoms with Crippen LogP contribution in [0.4, 0.5) is 0 Å². The van der Waals surface area contributed by atoms with Crippen molar-refractivity contribution >= 4 is 21.9 Å². The Morgan fingerprint density at radius 3 is 2.55 bits per heavy atom. The van der Waals surface area contributed by atoms with E-state index in [1.54, 1.807) is 0 Å². The second kappa shape index (κ2) is 4.75. The van der Waals surface area contributed by atoms with Crippen molar-refractivity contribution in [2.24, 2.45) is 0 Å². The van der Waals surface area contributed by atoms with Crippen molar-refractivity contribution < 1.29 is 9.53 Å². The zero-order valence-electron chi connectivity index (χ0n) is 6.51. The third-order valence-corrected chi connectivity index (χ3v) is 2.42. The summed E-state index contributed by atoms with van der Waals surface area (Å²) in [6.45, 7) is 0. The smallest absolute Gasteiger partial charge is 0.316 e. The maximum absolute atomic E-state index is 10.8. The monoisotopic (exact) mass is 220 g/mol. The number of carbonyl (C=O) groups is 1. The van der Waals surface area contributed by atoms with E-state index in [0.717, 1.165) is 12.8 Å². The number of hydrogen-bond acceptors (Lipinski definition) is 2. The van der Waals surface area contributed by atoms with Gasteiger partial charge in [-0.25, -0.2) is 0 Å². The fourth-order valence-corrected chi connectivity index (χ4v) is 1.53. The molecule has 0 atom stereocenters. The molecule has 1 aliphatic rings. The average molecular weight is 221 g/mol. The molecule has 11 heavy (non-hydrogen) atoms. The average Bonchev–Trinajstić information content (AvgIpc) is 2.06. The van der Waals surface area contributed by atoms with Crippen LogP contribution in [0.1, 0.15) is 32.1 Å². The van der Waals surface area contributed by atoms with Crippen LogP contribution in [-0.2, 0) is 9.53 Å². The van der Waals surface area contributed by atoms with Gasteiger partial charge in [-0.2, -0.15) is 0 Å². The standard InChI is InChI=1S/C8H13BrO2/c9-6-8(10)11-7-4-2-1-3-5-7/h7H,1-6H2. The van der Waals surface area contributed by atoms with Gasteiger partial charge in [0.1, 0.15) is 11.4 Å². The van der Waals surface area contributed by atoms with Crippen LogP contribution in [0, 0.1) is 0 Å². The Morgan fingerprint density at radius 2 is 2.00 bits per heavy atom. The molecule has 0 radical (unpaired) electrons. The molecular weight excluding hydrogens is 208 g/mol. The van der Waals surface area contributed by atoms with Gasteiger partial charge < -0.3 is 4.74 Å². The van der Waals surface area contributed by atoms with Gasteiger partial charge in [0.15, 0.2) is 0 Å². The first kappa shape index (κ1) is 9.04. The molecule has 1 saturated carbocycles. The molecule has 1 rings (SSSR count). The first-order valence-corrected chi connectivity index (χ1v) is 5.20. The highest BCUT2D eigenvalue weighted by Gasteiger charge is 2.16. The molecule has 0 aromatic heterocycles. The van der Waals surface area contributed by atoms with Gasteiger partial charge in [-0.1, -0.05) is 22.4 Å². The fraction of sp³-hybridized carbons (Fsp3) is 0.875. The highest BCUT2D eigenvalue weighted by atomic mass is 79.9. The second-order valence-corrected chi connectivity index (χ2v) is 3.44. The Morgan fingerprint density at radius 1 is 1.36 bits per heavy atom. The second-order valence-electron chi connectivity index (χ2n) is 2.88. The number of rotatable bonds is 2. The van der Waals surface area contributed by atoms with E-state index < -0.39 is 0 Å². The lowest BCUT2D eigenvalue weighted by Gasteiger charge is -2.21. The molecule has 1 aliphatic carbocycles. The normalized spacial score (nSPS) is 19.7. The summed E-state index contributed by atoms with van der Waals surface area (Å²) in [5, 5.41) is 0.323. The molecule has 64 valence electrons. The topological polar surface area (TPSA) is 26.3 Å². The molecule has 0 spiro atoms. The summed E-state index contributed by atoms with van der Waals surface area (Å²) >= 11 is 3.07. The Labute approximate surface area is 75.4 Å². The Hall–Kier alpha value is -0.0500. The third kappa shape index (κ3) is 3.23. The summed E-state index contributed by atoms with van der Waals surface area (Å²) < 4.78 is 5.15. The lowest BCUT2D eigenvalue weighted by atomic mass is 9.98. The number of esters is 1. The molecule has 2 nitrogen and oxygen atoms in total. The Balaban J connectivity index is 2.19. The highest BCUT2D eigenvalue weighted by molar-refractivity contribution is 9.09. The summed E-state index contributed by atoms with van der Waals surface area (Å²) in [5.41, 5.74) is 0. The maximum Gasteiger partial charge on any atom is 0.316 e. The molecule has 0 saturated heterocycles. The molecule has 0 unspecified atom stereocenters. The highest BCUT2D eigenvalue weighted by Crippen LogP contribution is 2.20. The summed E-state index contributed by atoms with van der Waals surface area (Å²) in [4.78, 5) is 10.8. The minimum Gasteiger partial charge on any atom is -0.462 e. The van der Waals surface area contributed by atoms with Crippen molar-refractivity contribution in [2.75, 3.05) is 5.33 Å². The van der Waals surface area contributed by atoms with Crippen LogP contribution in [0.25, 0.3) is 0 Å². The molecule has 0 aromatic rings. The molecule has 0 aromatic carbocycles. The Kier molecular flexibility index (Phi) is 3.91. The largest absolute Gasteiger partial charge is 0.462 e. The minimum atomic E-state index is -0.128. The van der Waals surface area contributed by atoms with Gasteiger partial charge in [-0.3, -0.25) is 4.79 Å². The third-order valence-electron chi connectivity index (χ3n) is 1.96. The number of carbonyl (C=O) groups excluding carboxylic acids is 1. The number of halogens is 1. The predicted molar refractivity (Wildman–Crippen MR) is 46.8 cm³/mol. The molecule has 0 bridgehead atoms. The lowest BCUT2D eigenvalue weighted by Crippen LogP contribution is -2.21. The first-order chi connectivity index (χ1) is 5.33. The van der Waals surface area contributed by atoms with Gasteiger partial charge >= 0.3 is 5.97 Å². The van der Waals surface area contributed by atoms with Gasteiger partial charge in [0, 0.05) is 0 Å². The van der Waals surface area contributed by atoms with E-state index in [4.69, 9.17) is 4.74 Å². The van der Waals surface area contributed by atoms with Crippen molar-refractivity contribution in [1.82, 2.24) is 0 Å². The van der Waals surface area contributed by atoms with Crippen LogP contribution in [0.3, 0.4) is 0 Å². The number of alkyl halides is 1. The zero-order chi connectivity index (χ0) is 8.10. The molecular formula is C8H13BrO2. The van der Waals surface area contributed by atoms with Crippen molar-refractivity contribution in [2.45, 2.75) is 38.2 Å². The van der Waals surface area contributed by atoms with Gasteiger partial charge in [0.2, 0.25) is 0 Å². The minimum absolute atomic E-state index is 0.128. The van der Waals surface area contributed by atoms with Crippen molar-refractivity contribution in [3.05, 3.63) is 0 Å². The summed E-state index contributed by atoms with van der Waals surface area (Å²) in [6.07, 6.45) is 6.02. The van der Waals surface area contributed by atoms with E-state index in [2.05, 4.69) is 15.9 Å². The van der Waals surface area contributed by atoms with Crippen LogP contribution in [0.2, 0.25) is 0 Å². The predicted octanol–water partition coefficient (Wildman–Crippen LogP) is 2.26. The molecule has 3 heteroatoms. The van der Waals surface area contributed by atoms with Crippen LogP contribution in [0.15, 0.2) is 0 Å². The van der Waals surface area contributed by atoms with E-state index >= 15 is 0 Å². The summed E-state index contributed by atoms with van der Waals surface area (Å²) in [6, 6.07) is 0. The van der Waals surface area contributed by atoms with Crippen molar-refractivity contribution in [1.29, 1.82) is 0 Å². The van der Waals surface area contributed by atoms with Crippen molar-refractivity contribution in [3.8, 4) is 0 Å². The van der Waals surface area contributed by atoms with Gasteiger partial charge in [-0.05, 0) is 25.7 Å². The number of ether oxygens (including phenoxy) is 1. The van der Waals surface area contributed by atoms with E-state index in [0.29, 0.717) is 5.33 Å². The molecule has 0 heterocycles. The van der Waals surface area contributed by atoms with Crippen LogP contribution >= 0.6 is 15.9 Å². The van der Waals surface area contributed by atoms with E-state index in [9.17, 15) is 4.79 Å². The van der Waals surface area contributed by atoms with E-state index in [1.807, 2.05) is 0 Å². The number of hydrogen-bond donors (Lipinski definition) is 0. The van der Waals surface area contributed by atoms with E-state index in [1.165, 1.54) is 19.3 Å². The van der Waals surface area contributed by atoms with Crippen LogP contribution in [0.5, 0.6) is 0 Å². The quantitative estimate of drug-likeness (QED) is 0.528. The SMILES string of the molecule is O=C(CBr)OC1CCCCC1. The van der Waals surface area contributed by atoms with Crippen LogP contribution < -0.4 is 0 Å². The lowest BCUT2D eigenvalue weighted by molar-refractivity contribution is -0.147. The fourth-order valence-electron chi connectivity index (χ4n) is 1.40. The molecule has 0 aliphatic heterocycles. The summed E-state index contributed by atoms with van der Waals surface area (Å²) in [5.74, 6) is -0.128. The Bertz CT molecular complexity index is 130. The van der Waals surface area contributed by atoms with Gasteiger partial charge in [-0.15, -0.1) is 0 Å². The van der Waals surface area contributed by atoms with E-state index in [-0.39, 0.29) is 12.1 Å². The zero-order valence-corrected chi connectivity index (χ0v) is 8.10. The maximum atomic E-state index is 10.8. The summed E-state index contributed by atoms with van der Waals surface area (Å²) in [7, 11) is 0. The molecule has 0 amide bonds. The van der Waals surface area contributed by atoms with Gasteiger partial charge in [0.05, 0.1) is 0 Å². The van der Waals surface area contributed by atoms with Crippen LogP contribution in [-0.4, -0.2) is 17.4 Å². The molecule has 0 N–H and O–H groups in total. The van der Waals surface area contributed by atoms with Gasteiger partial charge in [0.25, 0.3) is 0 Å².